The van der Waals surface area contributed by atoms with E-state index in [9.17, 15) is 4.79 Å². The molecule has 0 radical (unpaired) electrons. The smallest absolute Gasteiger partial charge is 0.236 e. The quantitative estimate of drug-likeness (QED) is 0.843. The zero-order chi connectivity index (χ0) is 11.3. The van der Waals surface area contributed by atoms with Gasteiger partial charge >= 0.3 is 0 Å². The lowest BCUT2D eigenvalue weighted by molar-refractivity contribution is -0.122. The zero-order valence-electron chi connectivity index (χ0n) is 9.74. The standard InChI is InChI=1S/C10H17N3OS.ClH/c1-4-9-13-8(6-15-9)5-12-7(2)10(14)11-3;/h6-7,12H,4-5H2,1-3H3,(H,11,14);1H/t7-;/m1./s1. The molecule has 1 rings (SSSR count). The largest absolute Gasteiger partial charge is 0.358 e. The molecule has 1 atom stereocenters. The van der Waals surface area contributed by atoms with E-state index in [1.54, 1.807) is 18.4 Å². The van der Waals surface area contributed by atoms with Crippen LogP contribution in [-0.4, -0.2) is 24.0 Å². The highest BCUT2D eigenvalue weighted by molar-refractivity contribution is 7.09. The Morgan fingerprint density at radius 3 is 2.81 bits per heavy atom. The van der Waals surface area contributed by atoms with E-state index in [0.717, 1.165) is 17.1 Å². The number of carbonyl (C=O) groups is 1. The summed E-state index contributed by atoms with van der Waals surface area (Å²) >= 11 is 1.66. The second kappa shape index (κ2) is 7.60. The van der Waals surface area contributed by atoms with Gasteiger partial charge in [0.15, 0.2) is 0 Å². The van der Waals surface area contributed by atoms with E-state index in [1.165, 1.54) is 0 Å². The van der Waals surface area contributed by atoms with Gasteiger partial charge in [-0.3, -0.25) is 4.79 Å². The summed E-state index contributed by atoms with van der Waals surface area (Å²) in [5.41, 5.74) is 1.01. The van der Waals surface area contributed by atoms with Crippen LogP contribution in [0.1, 0.15) is 24.5 Å². The van der Waals surface area contributed by atoms with Crippen LogP contribution in [0.2, 0.25) is 0 Å². The molecule has 1 heterocycles. The number of amides is 1. The zero-order valence-corrected chi connectivity index (χ0v) is 11.4. The predicted molar refractivity (Wildman–Crippen MR) is 69.1 cm³/mol. The van der Waals surface area contributed by atoms with E-state index in [-0.39, 0.29) is 24.4 Å². The molecule has 2 N–H and O–H groups in total. The van der Waals surface area contributed by atoms with Gasteiger partial charge in [-0.1, -0.05) is 6.92 Å². The Balaban J connectivity index is 0.00000225. The number of aromatic nitrogens is 1. The molecule has 1 amide bonds. The third-order valence-electron chi connectivity index (χ3n) is 2.13. The van der Waals surface area contributed by atoms with Crippen LogP contribution < -0.4 is 10.6 Å². The van der Waals surface area contributed by atoms with Crippen LogP contribution in [0.25, 0.3) is 0 Å². The Hall–Kier alpha value is -0.650. The maximum Gasteiger partial charge on any atom is 0.236 e. The molecule has 0 aliphatic rings. The molecule has 16 heavy (non-hydrogen) atoms. The fourth-order valence-corrected chi connectivity index (χ4v) is 1.90. The van der Waals surface area contributed by atoms with Crippen molar-refractivity contribution in [2.45, 2.75) is 32.9 Å². The first kappa shape index (κ1) is 15.3. The summed E-state index contributed by atoms with van der Waals surface area (Å²) in [5, 5.41) is 8.89. The average Bonchev–Trinajstić information content (AvgIpc) is 2.72. The lowest BCUT2D eigenvalue weighted by Gasteiger charge is -2.10. The minimum absolute atomic E-state index is 0. The highest BCUT2D eigenvalue weighted by atomic mass is 35.5. The maximum atomic E-state index is 11.2. The first-order valence-electron chi connectivity index (χ1n) is 5.05. The summed E-state index contributed by atoms with van der Waals surface area (Å²) in [6.45, 7) is 4.57. The SMILES string of the molecule is CCc1nc(CN[C@H](C)C(=O)NC)cs1.Cl. The molecule has 0 spiro atoms. The van der Waals surface area contributed by atoms with Crippen molar-refractivity contribution in [3.8, 4) is 0 Å². The number of carbonyl (C=O) groups excluding carboxylic acids is 1. The van der Waals surface area contributed by atoms with Gasteiger partial charge in [0.1, 0.15) is 0 Å². The van der Waals surface area contributed by atoms with Gasteiger partial charge in [-0.15, -0.1) is 23.7 Å². The van der Waals surface area contributed by atoms with Gasteiger partial charge in [0.25, 0.3) is 0 Å². The molecule has 0 aliphatic carbocycles. The number of hydrogen-bond donors (Lipinski definition) is 2. The molecular formula is C10H18ClN3OS. The van der Waals surface area contributed by atoms with Crippen LogP contribution in [0, 0.1) is 0 Å². The summed E-state index contributed by atoms with van der Waals surface area (Å²) in [5.74, 6) is 0.000875. The van der Waals surface area contributed by atoms with Crippen LogP contribution in [-0.2, 0) is 17.8 Å². The van der Waals surface area contributed by atoms with E-state index in [1.807, 2.05) is 12.3 Å². The second-order valence-electron chi connectivity index (χ2n) is 3.30. The number of aryl methyl sites for hydroxylation is 1. The molecule has 0 aromatic carbocycles. The number of halogens is 1. The second-order valence-corrected chi connectivity index (χ2v) is 4.25. The summed E-state index contributed by atoms with van der Waals surface area (Å²) in [7, 11) is 1.64. The van der Waals surface area contributed by atoms with Crippen molar-refractivity contribution in [1.29, 1.82) is 0 Å². The van der Waals surface area contributed by atoms with Crippen LogP contribution >= 0.6 is 23.7 Å². The lowest BCUT2D eigenvalue weighted by atomic mass is 10.3. The fraction of sp³-hybridized carbons (Fsp3) is 0.600. The highest BCUT2D eigenvalue weighted by Crippen LogP contribution is 2.09. The van der Waals surface area contributed by atoms with E-state index in [4.69, 9.17) is 0 Å². The van der Waals surface area contributed by atoms with Gasteiger partial charge in [-0.05, 0) is 13.3 Å². The van der Waals surface area contributed by atoms with Crippen LogP contribution in [0.4, 0.5) is 0 Å². The molecule has 4 nitrogen and oxygen atoms in total. The molecular weight excluding hydrogens is 246 g/mol. The Morgan fingerprint density at radius 2 is 2.31 bits per heavy atom. The molecule has 1 aromatic rings. The maximum absolute atomic E-state index is 11.2. The summed E-state index contributed by atoms with van der Waals surface area (Å²) in [6, 6.07) is -0.179. The van der Waals surface area contributed by atoms with Crippen LogP contribution in [0.15, 0.2) is 5.38 Å². The van der Waals surface area contributed by atoms with Crippen LogP contribution in [0.3, 0.4) is 0 Å². The topological polar surface area (TPSA) is 54.0 Å². The summed E-state index contributed by atoms with van der Waals surface area (Å²) in [6.07, 6.45) is 0.968. The number of rotatable bonds is 5. The summed E-state index contributed by atoms with van der Waals surface area (Å²) in [4.78, 5) is 15.6. The average molecular weight is 264 g/mol. The number of likely N-dealkylation sites (N-methyl/N-ethyl adjacent to an activating group) is 1. The summed E-state index contributed by atoms with van der Waals surface area (Å²) < 4.78 is 0. The third-order valence-corrected chi connectivity index (χ3v) is 3.17. The van der Waals surface area contributed by atoms with Crippen molar-refractivity contribution in [3.05, 3.63) is 16.1 Å². The Morgan fingerprint density at radius 1 is 1.62 bits per heavy atom. The fourth-order valence-electron chi connectivity index (χ4n) is 1.16. The molecule has 92 valence electrons. The van der Waals surface area contributed by atoms with Crippen molar-refractivity contribution in [1.82, 2.24) is 15.6 Å². The first-order chi connectivity index (χ1) is 7.17. The molecule has 0 saturated carbocycles. The highest BCUT2D eigenvalue weighted by Gasteiger charge is 2.10. The van der Waals surface area contributed by atoms with Gasteiger partial charge < -0.3 is 10.6 Å². The number of thiazole rings is 1. The van der Waals surface area contributed by atoms with Gasteiger partial charge in [-0.25, -0.2) is 4.98 Å². The van der Waals surface area contributed by atoms with Crippen LogP contribution in [0.5, 0.6) is 0 Å². The number of nitrogens with zero attached hydrogens (tertiary/aromatic N) is 1. The minimum Gasteiger partial charge on any atom is -0.358 e. The third kappa shape index (κ3) is 4.47. The van der Waals surface area contributed by atoms with Crippen molar-refractivity contribution in [3.63, 3.8) is 0 Å². The normalized spacial score (nSPS) is 11.7. The van der Waals surface area contributed by atoms with Gasteiger partial charge in [0.05, 0.1) is 16.7 Å². The minimum atomic E-state index is -0.179. The molecule has 0 bridgehead atoms. The van der Waals surface area contributed by atoms with Crippen molar-refractivity contribution in [2.24, 2.45) is 0 Å². The molecule has 0 fully saturated rings. The lowest BCUT2D eigenvalue weighted by Crippen LogP contribution is -2.40. The number of nitrogens with one attached hydrogen (secondary N) is 2. The van der Waals surface area contributed by atoms with E-state index >= 15 is 0 Å². The molecule has 1 aromatic heterocycles. The first-order valence-corrected chi connectivity index (χ1v) is 5.93. The van der Waals surface area contributed by atoms with Gasteiger partial charge in [0, 0.05) is 19.0 Å². The Kier molecular flexibility index (Phi) is 7.29. The predicted octanol–water partition coefficient (Wildman–Crippen LogP) is 1.35. The molecule has 0 saturated heterocycles. The van der Waals surface area contributed by atoms with Crippen molar-refractivity contribution < 1.29 is 4.79 Å². The van der Waals surface area contributed by atoms with Gasteiger partial charge in [0.2, 0.25) is 5.91 Å². The molecule has 6 heteroatoms. The molecule has 0 aliphatic heterocycles. The van der Waals surface area contributed by atoms with E-state index in [2.05, 4.69) is 22.5 Å². The van der Waals surface area contributed by atoms with Crippen molar-refractivity contribution >= 4 is 29.7 Å². The van der Waals surface area contributed by atoms with Crippen molar-refractivity contribution in [2.75, 3.05) is 7.05 Å². The Labute approximate surface area is 106 Å². The van der Waals surface area contributed by atoms with Gasteiger partial charge in [-0.2, -0.15) is 0 Å². The monoisotopic (exact) mass is 263 g/mol. The number of hydrogen-bond acceptors (Lipinski definition) is 4. The molecule has 0 unspecified atom stereocenters. The van der Waals surface area contributed by atoms with E-state index < -0.39 is 0 Å². The Bertz CT molecular complexity index is 330. The van der Waals surface area contributed by atoms with E-state index in [0.29, 0.717) is 6.54 Å².